The average Bonchev–Trinajstić information content (AvgIpc) is 2.37. The van der Waals surface area contributed by atoms with E-state index in [0.29, 0.717) is 5.82 Å². The molecule has 0 fully saturated rings. The van der Waals surface area contributed by atoms with Gasteiger partial charge in [0.15, 0.2) is 17.5 Å². The summed E-state index contributed by atoms with van der Waals surface area (Å²) >= 11 is 0. The first-order chi connectivity index (χ1) is 8.93. The smallest absolute Gasteiger partial charge is 0.187 e. The van der Waals surface area contributed by atoms with Crippen molar-refractivity contribution in [2.45, 2.75) is 27.7 Å². The number of anilines is 1. The Morgan fingerprint density at radius 2 is 1.63 bits per heavy atom. The summed E-state index contributed by atoms with van der Waals surface area (Å²) in [4.78, 5) is 8.33. The van der Waals surface area contributed by atoms with E-state index in [1.165, 1.54) is 5.56 Å². The van der Waals surface area contributed by atoms with Crippen LogP contribution in [0.5, 0.6) is 0 Å². The minimum absolute atomic E-state index is 0.0140. The van der Waals surface area contributed by atoms with Crippen LogP contribution in [0.2, 0.25) is 0 Å². The van der Waals surface area contributed by atoms with Gasteiger partial charge in [-0.25, -0.2) is 20.2 Å². The van der Waals surface area contributed by atoms with Crippen LogP contribution in [0.4, 0.5) is 10.2 Å². The van der Waals surface area contributed by atoms with E-state index in [1.54, 1.807) is 6.92 Å². The molecule has 0 aliphatic heterocycles. The van der Waals surface area contributed by atoms with E-state index < -0.39 is 5.82 Å². The van der Waals surface area contributed by atoms with Gasteiger partial charge in [-0.15, -0.1) is 0 Å². The van der Waals surface area contributed by atoms with Crippen molar-refractivity contribution in [1.29, 1.82) is 0 Å². The van der Waals surface area contributed by atoms with Crippen LogP contribution in [0, 0.1) is 33.5 Å². The average molecular weight is 260 g/mol. The molecule has 0 spiro atoms. The highest BCUT2D eigenvalue weighted by molar-refractivity contribution is 5.64. The van der Waals surface area contributed by atoms with Gasteiger partial charge >= 0.3 is 0 Å². The van der Waals surface area contributed by atoms with Crippen molar-refractivity contribution in [3.05, 3.63) is 40.3 Å². The summed E-state index contributed by atoms with van der Waals surface area (Å²) in [6.45, 7) is 7.66. The lowest BCUT2D eigenvalue weighted by molar-refractivity contribution is 0.606. The first kappa shape index (κ1) is 13.4. The fourth-order valence-corrected chi connectivity index (χ4v) is 1.98. The summed E-state index contributed by atoms with van der Waals surface area (Å²) in [5.74, 6) is 5.25. The number of rotatable bonds is 2. The van der Waals surface area contributed by atoms with Gasteiger partial charge in [0.1, 0.15) is 0 Å². The topological polar surface area (TPSA) is 63.8 Å². The number of aromatic nitrogens is 2. The maximum absolute atomic E-state index is 13.7. The first-order valence-corrected chi connectivity index (χ1v) is 6.03. The molecule has 0 saturated heterocycles. The molecule has 0 atom stereocenters. The Kier molecular flexibility index (Phi) is 3.48. The molecule has 1 aromatic heterocycles. The van der Waals surface area contributed by atoms with Crippen molar-refractivity contribution >= 4 is 5.82 Å². The van der Waals surface area contributed by atoms with E-state index in [-0.39, 0.29) is 11.5 Å². The van der Waals surface area contributed by atoms with Crippen LogP contribution in [0.1, 0.15) is 22.4 Å². The minimum Gasteiger partial charge on any atom is -0.306 e. The van der Waals surface area contributed by atoms with Gasteiger partial charge in [-0.05, 0) is 50.5 Å². The number of hydrogen-bond acceptors (Lipinski definition) is 4. The molecule has 19 heavy (non-hydrogen) atoms. The molecule has 2 aromatic rings. The number of benzene rings is 1. The summed E-state index contributed by atoms with van der Waals surface area (Å²) < 4.78 is 13.7. The van der Waals surface area contributed by atoms with E-state index >= 15 is 0 Å². The predicted molar refractivity (Wildman–Crippen MR) is 74.2 cm³/mol. The molecule has 4 nitrogen and oxygen atoms in total. The third kappa shape index (κ3) is 2.42. The van der Waals surface area contributed by atoms with Crippen LogP contribution < -0.4 is 11.3 Å². The monoisotopic (exact) mass is 260 g/mol. The molecule has 2 rings (SSSR count). The molecule has 0 saturated carbocycles. The number of aryl methyl sites for hydroxylation is 4. The summed E-state index contributed by atoms with van der Waals surface area (Å²) in [6.07, 6.45) is 0. The lowest BCUT2D eigenvalue weighted by Gasteiger charge is -2.11. The Morgan fingerprint density at radius 1 is 1.00 bits per heavy atom. The Bertz CT molecular complexity index is 638. The van der Waals surface area contributed by atoms with Gasteiger partial charge in [-0.1, -0.05) is 6.07 Å². The van der Waals surface area contributed by atoms with Crippen molar-refractivity contribution in [1.82, 2.24) is 9.97 Å². The Hall–Kier alpha value is -2.01. The number of nitrogen functional groups attached to an aromatic ring is 1. The van der Waals surface area contributed by atoms with Crippen LogP contribution in [0.3, 0.4) is 0 Å². The molecule has 0 aliphatic carbocycles. The highest BCUT2D eigenvalue weighted by Crippen LogP contribution is 2.26. The van der Waals surface area contributed by atoms with E-state index in [9.17, 15) is 4.39 Å². The fraction of sp³-hybridized carbons (Fsp3) is 0.286. The fourth-order valence-electron chi connectivity index (χ4n) is 1.98. The third-order valence-electron chi connectivity index (χ3n) is 3.24. The van der Waals surface area contributed by atoms with Crippen molar-refractivity contribution in [2.75, 3.05) is 5.43 Å². The maximum atomic E-state index is 13.7. The molecule has 5 heteroatoms. The summed E-state index contributed by atoms with van der Waals surface area (Å²) in [5.41, 5.74) is 6.84. The summed E-state index contributed by atoms with van der Waals surface area (Å²) in [6, 6.07) is 4.08. The number of nitrogens with zero attached hydrogens (tertiary/aromatic N) is 2. The van der Waals surface area contributed by atoms with Crippen LogP contribution in [-0.2, 0) is 0 Å². The second-order valence-electron chi connectivity index (χ2n) is 4.69. The van der Waals surface area contributed by atoms with Gasteiger partial charge in [-0.3, -0.25) is 0 Å². The van der Waals surface area contributed by atoms with Crippen molar-refractivity contribution in [2.24, 2.45) is 5.84 Å². The van der Waals surface area contributed by atoms with Crippen molar-refractivity contribution < 1.29 is 4.39 Å². The zero-order valence-corrected chi connectivity index (χ0v) is 11.5. The number of halogens is 1. The Balaban J connectivity index is 2.65. The van der Waals surface area contributed by atoms with E-state index in [0.717, 1.165) is 16.7 Å². The molecule has 0 bridgehead atoms. The van der Waals surface area contributed by atoms with Gasteiger partial charge in [0.25, 0.3) is 0 Å². The zero-order chi connectivity index (χ0) is 14.2. The molecule has 1 heterocycles. The number of hydrazine groups is 1. The first-order valence-electron chi connectivity index (χ1n) is 6.03. The maximum Gasteiger partial charge on any atom is 0.187 e. The molecule has 0 amide bonds. The highest BCUT2D eigenvalue weighted by Gasteiger charge is 2.14. The van der Waals surface area contributed by atoms with Crippen LogP contribution in [-0.4, -0.2) is 9.97 Å². The third-order valence-corrected chi connectivity index (χ3v) is 3.24. The van der Waals surface area contributed by atoms with Crippen LogP contribution in [0.15, 0.2) is 12.1 Å². The second-order valence-corrected chi connectivity index (χ2v) is 4.69. The second kappa shape index (κ2) is 4.93. The molecule has 100 valence electrons. The molecule has 0 aliphatic rings. The van der Waals surface area contributed by atoms with Gasteiger partial charge < -0.3 is 5.43 Å². The Morgan fingerprint density at radius 3 is 2.26 bits per heavy atom. The molecule has 3 N–H and O–H groups in total. The van der Waals surface area contributed by atoms with Gasteiger partial charge in [0, 0.05) is 5.56 Å². The standard InChI is InChI=1S/C14H17FN4/c1-7-5-9(3)11(6-8(7)2)13-17-10(4)12(15)14(18-13)19-16/h5-6H,16H2,1-4H3,(H,17,18,19). The lowest BCUT2D eigenvalue weighted by Crippen LogP contribution is -2.13. The number of hydrogen-bond donors (Lipinski definition) is 2. The van der Waals surface area contributed by atoms with Crippen molar-refractivity contribution in [3.8, 4) is 11.4 Å². The van der Waals surface area contributed by atoms with Crippen molar-refractivity contribution in [3.63, 3.8) is 0 Å². The highest BCUT2D eigenvalue weighted by atomic mass is 19.1. The van der Waals surface area contributed by atoms with Gasteiger partial charge in [-0.2, -0.15) is 0 Å². The molecule has 0 radical (unpaired) electrons. The van der Waals surface area contributed by atoms with Gasteiger partial charge in [0.2, 0.25) is 0 Å². The lowest BCUT2D eigenvalue weighted by atomic mass is 10.0. The minimum atomic E-state index is -0.521. The molecular formula is C14H17FN4. The van der Waals surface area contributed by atoms with Crippen LogP contribution >= 0.6 is 0 Å². The quantitative estimate of drug-likeness (QED) is 0.643. The van der Waals surface area contributed by atoms with Crippen LogP contribution in [0.25, 0.3) is 11.4 Å². The normalized spacial score (nSPS) is 10.6. The van der Waals surface area contributed by atoms with E-state index in [2.05, 4.69) is 28.4 Å². The molecular weight excluding hydrogens is 243 g/mol. The van der Waals surface area contributed by atoms with E-state index in [1.807, 2.05) is 19.9 Å². The van der Waals surface area contributed by atoms with Gasteiger partial charge in [0.05, 0.1) is 5.69 Å². The Labute approximate surface area is 111 Å². The largest absolute Gasteiger partial charge is 0.306 e. The molecule has 0 unspecified atom stereocenters. The zero-order valence-electron chi connectivity index (χ0n) is 11.5. The molecule has 1 aromatic carbocycles. The summed E-state index contributed by atoms with van der Waals surface area (Å²) in [5, 5.41) is 0. The SMILES string of the molecule is Cc1cc(C)c(-c2nc(C)c(F)c(NN)n2)cc1C. The number of nitrogens with one attached hydrogen (secondary N) is 1. The number of nitrogens with two attached hydrogens (primary N) is 1. The summed E-state index contributed by atoms with van der Waals surface area (Å²) in [7, 11) is 0. The van der Waals surface area contributed by atoms with E-state index in [4.69, 9.17) is 5.84 Å². The predicted octanol–water partition coefficient (Wildman–Crippen LogP) is 2.80.